The van der Waals surface area contributed by atoms with Crippen LogP contribution in [0.15, 0.2) is 23.1 Å². The number of fused-ring (bicyclic) bond motifs is 1. The van der Waals surface area contributed by atoms with Crippen LogP contribution >= 0.6 is 11.6 Å². The molecule has 7 nitrogen and oxygen atoms in total. The second kappa shape index (κ2) is 9.40. The van der Waals surface area contributed by atoms with E-state index in [1.807, 2.05) is 6.92 Å². The number of hydrogen-bond acceptors (Lipinski definition) is 4. The summed E-state index contributed by atoms with van der Waals surface area (Å²) in [6, 6.07) is 1.44. The first-order valence-corrected chi connectivity index (χ1v) is 10.2. The van der Waals surface area contributed by atoms with Gasteiger partial charge in [-0.05, 0) is 12.5 Å². The lowest BCUT2D eigenvalue weighted by Gasteiger charge is -2.35. The molecule has 1 aromatic carbocycles. The van der Waals surface area contributed by atoms with E-state index in [9.17, 15) is 28.3 Å². The van der Waals surface area contributed by atoms with Crippen LogP contribution in [0.5, 0.6) is 5.75 Å². The molecule has 2 aromatic rings. The number of pyridine rings is 1. The number of benzene rings is 1. The first-order valence-electron chi connectivity index (χ1n) is 9.85. The molecule has 0 radical (unpaired) electrons. The molecule has 1 aliphatic heterocycles. The lowest BCUT2D eigenvalue weighted by molar-refractivity contribution is 0.0639. The maximum absolute atomic E-state index is 14.0. The van der Waals surface area contributed by atoms with Crippen molar-refractivity contribution in [1.29, 1.82) is 0 Å². The Bertz CT molecular complexity index is 1190. The van der Waals surface area contributed by atoms with Crippen molar-refractivity contribution in [3.05, 3.63) is 62.0 Å². The third kappa shape index (κ3) is 4.18. The van der Waals surface area contributed by atoms with Crippen molar-refractivity contribution in [2.45, 2.75) is 38.9 Å². The zero-order valence-corrected chi connectivity index (χ0v) is 17.9. The Balaban J connectivity index is 1.90. The second-order valence-electron chi connectivity index (χ2n) is 7.27. The van der Waals surface area contributed by atoms with Gasteiger partial charge in [-0.3, -0.25) is 14.4 Å². The van der Waals surface area contributed by atoms with E-state index in [0.717, 1.165) is 24.8 Å². The standard InChI is InChI=1S/C22H20ClF2N3O4/c1-3-5-8-28-13(4-2)10-27-11-14(19(29)20(30)18(27)22(28)32)21(31)26-9-12-6-7-15(24)16(23)17(12)25/h2,6-7,11,13,30H,3,5,8-10H2,1H3,(H,26,31)/t13-/m0/s1. The van der Waals surface area contributed by atoms with E-state index in [0.29, 0.717) is 13.0 Å². The smallest absolute Gasteiger partial charge is 0.275 e. The van der Waals surface area contributed by atoms with Gasteiger partial charge in [-0.2, -0.15) is 0 Å². The minimum Gasteiger partial charge on any atom is -0.503 e. The van der Waals surface area contributed by atoms with E-state index in [1.165, 1.54) is 9.47 Å². The van der Waals surface area contributed by atoms with Crippen molar-refractivity contribution in [1.82, 2.24) is 14.8 Å². The van der Waals surface area contributed by atoms with Crippen LogP contribution in [0.4, 0.5) is 8.78 Å². The van der Waals surface area contributed by atoms with Crippen LogP contribution in [0, 0.1) is 24.0 Å². The van der Waals surface area contributed by atoms with Crippen LogP contribution in [0.25, 0.3) is 0 Å². The number of amides is 2. The Hall–Kier alpha value is -3.38. The third-order valence-corrected chi connectivity index (χ3v) is 5.56. The predicted octanol–water partition coefficient (Wildman–Crippen LogP) is 2.67. The van der Waals surface area contributed by atoms with Gasteiger partial charge in [0, 0.05) is 24.8 Å². The monoisotopic (exact) mass is 463 g/mol. The van der Waals surface area contributed by atoms with Crippen molar-refractivity contribution in [3.63, 3.8) is 0 Å². The van der Waals surface area contributed by atoms with E-state index >= 15 is 0 Å². The van der Waals surface area contributed by atoms with Gasteiger partial charge in [-0.1, -0.05) is 36.9 Å². The molecule has 1 aliphatic rings. The van der Waals surface area contributed by atoms with E-state index in [4.69, 9.17) is 18.0 Å². The van der Waals surface area contributed by atoms with Crippen molar-refractivity contribution in [2.75, 3.05) is 6.54 Å². The minimum absolute atomic E-state index is 0.0810. The first kappa shape index (κ1) is 23.3. The average Bonchev–Trinajstić information content (AvgIpc) is 2.78. The summed E-state index contributed by atoms with van der Waals surface area (Å²) in [5.74, 6) is -1.85. The Morgan fingerprint density at radius 3 is 2.75 bits per heavy atom. The number of unbranched alkanes of at least 4 members (excludes halogenated alkanes) is 1. The van der Waals surface area contributed by atoms with Gasteiger partial charge in [0.2, 0.25) is 5.43 Å². The highest BCUT2D eigenvalue weighted by molar-refractivity contribution is 6.30. The van der Waals surface area contributed by atoms with Gasteiger partial charge in [-0.15, -0.1) is 6.42 Å². The molecule has 0 saturated carbocycles. The van der Waals surface area contributed by atoms with Crippen LogP contribution < -0.4 is 10.7 Å². The molecule has 1 aromatic heterocycles. The molecule has 3 rings (SSSR count). The Kier molecular flexibility index (Phi) is 6.84. The number of nitrogens with one attached hydrogen (secondary N) is 1. The molecular weight excluding hydrogens is 444 g/mol. The van der Waals surface area contributed by atoms with Gasteiger partial charge >= 0.3 is 0 Å². The quantitative estimate of drug-likeness (QED) is 0.509. The van der Waals surface area contributed by atoms with Crippen LogP contribution in [0.2, 0.25) is 5.02 Å². The lowest BCUT2D eigenvalue weighted by atomic mass is 10.1. The molecule has 168 valence electrons. The summed E-state index contributed by atoms with van der Waals surface area (Å²) < 4.78 is 28.6. The number of carbonyl (C=O) groups is 2. The fraction of sp³-hybridized carbons (Fsp3) is 0.318. The number of rotatable bonds is 6. The highest BCUT2D eigenvalue weighted by Gasteiger charge is 2.35. The summed E-state index contributed by atoms with van der Waals surface area (Å²) in [6.45, 7) is 2.01. The van der Waals surface area contributed by atoms with Gasteiger partial charge < -0.3 is 19.9 Å². The van der Waals surface area contributed by atoms with Gasteiger partial charge in [0.15, 0.2) is 11.4 Å². The molecule has 2 N–H and O–H groups in total. The molecule has 0 saturated heterocycles. The number of carbonyl (C=O) groups excluding carboxylic acids is 2. The summed E-state index contributed by atoms with van der Waals surface area (Å²) >= 11 is 5.52. The molecule has 0 spiro atoms. The van der Waals surface area contributed by atoms with Crippen molar-refractivity contribution >= 4 is 23.4 Å². The zero-order valence-electron chi connectivity index (χ0n) is 17.1. The van der Waals surface area contributed by atoms with E-state index < -0.39 is 51.3 Å². The number of nitrogens with zero attached hydrogens (tertiary/aromatic N) is 2. The van der Waals surface area contributed by atoms with E-state index in [1.54, 1.807) is 0 Å². The number of hydrogen-bond donors (Lipinski definition) is 2. The Morgan fingerprint density at radius 1 is 1.38 bits per heavy atom. The molecule has 0 aliphatic carbocycles. The van der Waals surface area contributed by atoms with Gasteiger partial charge in [0.25, 0.3) is 11.8 Å². The van der Waals surface area contributed by atoms with Gasteiger partial charge in [0.05, 0.1) is 6.54 Å². The number of aromatic nitrogens is 1. The molecule has 0 fully saturated rings. The zero-order chi connectivity index (χ0) is 23.6. The summed E-state index contributed by atoms with van der Waals surface area (Å²) in [5, 5.41) is 12.0. The van der Waals surface area contributed by atoms with Crippen LogP contribution in [-0.4, -0.2) is 39.0 Å². The maximum atomic E-state index is 14.0. The molecule has 10 heteroatoms. The Labute approximate surface area is 187 Å². The summed E-state index contributed by atoms with van der Waals surface area (Å²) in [4.78, 5) is 39.5. The SMILES string of the molecule is C#C[C@H]1Cn2cc(C(=O)NCc3ccc(F)c(Cl)c3F)c(=O)c(O)c2C(=O)N1CCCC. The summed E-state index contributed by atoms with van der Waals surface area (Å²) in [5.41, 5.74) is -1.84. The van der Waals surface area contributed by atoms with Crippen LogP contribution in [-0.2, 0) is 13.1 Å². The second-order valence-corrected chi connectivity index (χ2v) is 7.65. The molecule has 1 atom stereocenters. The molecule has 2 heterocycles. The van der Waals surface area contributed by atoms with E-state index in [2.05, 4.69) is 11.2 Å². The minimum atomic E-state index is -1.05. The number of halogens is 3. The molecule has 0 bridgehead atoms. The van der Waals surface area contributed by atoms with Crippen molar-refractivity contribution < 1.29 is 23.5 Å². The molecule has 0 unspecified atom stereocenters. The first-order chi connectivity index (χ1) is 15.2. The summed E-state index contributed by atoms with van der Waals surface area (Å²) in [6.07, 6.45) is 8.22. The molecular formula is C22H20ClF2N3O4. The number of terminal acetylenes is 1. The largest absolute Gasteiger partial charge is 0.503 e. The van der Waals surface area contributed by atoms with Crippen LogP contribution in [0.1, 0.15) is 46.2 Å². The third-order valence-electron chi connectivity index (χ3n) is 5.21. The number of aromatic hydroxyl groups is 1. The lowest BCUT2D eigenvalue weighted by Crippen LogP contribution is -2.49. The van der Waals surface area contributed by atoms with Gasteiger partial charge in [0.1, 0.15) is 28.3 Å². The fourth-order valence-electron chi connectivity index (χ4n) is 3.44. The Morgan fingerprint density at radius 2 is 2.09 bits per heavy atom. The maximum Gasteiger partial charge on any atom is 0.275 e. The molecule has 2 amide bonds. The normalized spacial score (nSPS) is 15.3. The van der Waals surface area contributed by atoms with Crippen molar-refractivity contribution in [2.24, 2.45) is 0 Å². The molecule has 32 heavy (non-hydrogen) atoms. The summed E-state index contributed by atoms with van der Waals surface area (Å²) in [7, 11) is 0. The van der Waals surface area contributed by atoms with Gasteiger partial charge in [-0.25, -0.2) is 8.78 Å². The van der Waals surface area contributed by atoms with Crippen LogP contribution in [0.3, 0.4) is 0 Å². The fourth-order valence-corrected chi connectivity index (χ4v) is 3.63. The topological polar surface area (TPSA) is 91.6 Å². The predicted molar refractivity (Wildman–Crippen MR) is 113 cm³/mol. The highest BCUT2D eigenvalue weighted by Crippen LogP contribution is 2.24. The van der Waals surface area contributed by atoms with Crippen molar-refractivity contribution in [3.8, 4) is 18.1 Å². The highest BCUT2D eigenvalue weighted by atomic mass is 35.5. The van der Waals surface area contributed by atoms with E-state index in [-0.39, 0.29) is 24.3 Å². The average molecular weight is 464 g/mol.